The van der Waals surface area contributed by atoms with Crippen LogP contribution in [-0.4, -0.2) is 91.6 Å². The van der Waals surface area contributed by atoms with E-state index >= 15 is 0 Å². The van der Waals surface area contributed by atoms with Gasteiger partial charge >= 0.3 is 11.9 Å². The Morgan fingerprint density at radius 2 is 1.55 bits per heavy atom. The third kappa shape index (κ3) is 8.83. The molecule has 0 amide bonds. The number of likely N-dealkylation sites (tertiary alicyclic amines) is 1. The predicted octanol–water partition coefficient (Wildman–Crippen LogP) is -2.73. The van der Waals surface area contributed by atoms with Crippen LogP contribution in [0.4, 0.5) is 0 Å². The van der Waals surface area contributed by atoms with Gasteiger partial charge in [-0.15, -0.1) is 0 Å². The Labute approximate surface area is 168 Å². The molecule has 1 aromatic rings. The first-order valence-electron chi connectivity index (χ1n) is 8.70. The first-order chi connectivity index (χ1) is 12.4. The molecule has 29 heavy (non-hydrogen) atoms. The lowest BCUT2D eigenvalue weighted by Gasteiger charge is -2.24. The van der Waals surface area contributed by atoms with Gasteiger partial charge in [0.25, 0.3) is 0 Å². The maximum atomic E-state index is 9.77. The van der Waals surface area contributed by atoms with Crippen molar-refractivity contribution in [1.82, 2.24) is 10.2 Å². The van der Waals surface area contributed by atoms with Crippen LogP contribution < -0.4 is 5.32 Å². The van der Waals surface area contributed by atoms with Gasteiger partial charge in [0.1, 0.15) is 0 Å². The second-order valence-electron chi connectivity index (χ2n) is 6.71. The molecule has 168 valence electrons. The van der Waals surface area contributed by atoms with Gasteiger partial charge in [-0.1, -0.05) is 30.3 Å². The highest BCUT2D eigenvalue weighted by Crippen LogP contribution is 2.25. The van der Waals surface area contributed by atoms with E-state index < -0.39 is 24.1 Å². The summed E-state index contributed by atoms with van der Waals surface area (Å²) in [5.41, 5.74) is 1.45. The maximum Gasteiger partial charge on any atom is 0.335 e. The molecule has 2 heterocycles. The van der Waals surface area contributed by atoms with E-state index in [4.69, 9.17) is 20.4 Å². The fraction of sp³-hybridized carbons (Fsp3) is 0.556. The van der Waals surface area contributed by atoms with Crippen molar-refractivity contribution < 1.29 is 46.4 Å². The Bertz CT molecular complexity index is 570. The molecule has 0 saturated carbocycles. The third-order valence-corrected chi connectivity index (χ3v) is 4.73. The molecule has 4 atom stereocenters. The van der Waals surface area contributed by atoms with Crippen LogP contribution in [-0.2, 0) is 16.1 Å². The van der Waals surface area contributed by atoms with Crippen molar-refractivity contribution in [2.75, 3.05) is 19.6 Å². The lowest BCUT2D eigenvalue weighted by molar-refractivity contribution is -0.165. The van der Waals surface area contributed by atoms with Crippen LogP contribution in [0.2, 0.25) is 0 Å². The normalized spacial score (nSPS) is 22.1. The molecule has 2 aliphatic heterocycles. The zero-order chi connectivity index (χ0) is 19.1. The van der Waals surface area contributed by atoms with Crippen LogP contribution in [0.3, 0.4) is 0 Å². The maximum absolute atomic E-state index is 9.77. The van der Waals surface area contributed by atoms with E-state index in [-0.39, 0.29) is 16.4 Å². The zero-order valence-electron chi connectivity index (χ0n) is 16.0. The minimum absolute atomic E-state index is 0. The molecule has 3 rings (SSSR count). The number of carboxylic acids is 2. The van der Waals surface area contributed by atoms with Gasteiger partial charge in [-0.05, 0) is 30.9 Å². The second-order valence-corrected chi connectivity index (χ2v) is 6.71. The first-order valence-corrected chi connectivity index (χ1v) is 8.70. The highest BCUT2D eigenvalue weighted by molar-refractivity contribution is 5.83. The van der Waals surface area contributed by atoms with Crippen molar-refractivity contribution in [2.24, 2.45) is 5.92 Å². The van der Waals surface area contributed by atoms with Crippen molar-refractivity contribution in [3.05, 3.63) is 35.9 Å². The van der Waals surface area contributed by atoms with Gasteiger partial charge in [0, 0.05) is 25.7 Å². The quantitative estimate of drug-likeness (QED) is 0.335. The molecule has 1 aromatic carbocycles. The van der Waals surface area contributed by atoms with E-state index in [1.807, 2.05) is 0 Å². The number of aliphatic hydroxyl groups is 2. The summed E-state index contributed by atoms with van der Waals surface area (Å²) in [6.45, 7) is 4.86. The number of nitrogens with one attached hydrogen (secondary N) is 1. The molecule has 0 bridgehead atoms. The number of aliphatic carboxylic acids is 2. The van der Waals surface area contributed by atoms with Crippen LogP contribution in [0, 0.1) is 5.92 Å². The average Bonchev–Trinajstić information content (AvgIpc) is 3.03. The SMILES string of the molecule is O.O.O.O=C(O)C(O)C(O)C(=O)O.c1ccc(CN2CC3CCCNC3C2)cc1. The molecule has 2 aliphatic rings. The topological polar surface area (TPSA) is 225 Å². The summed E-state index contributed by atoms with van der Waals surface area (Å²) in [6, 6.07) is 11.6. The van der Waals surface area contributed by atoms with Gasteiger partial charge in [0.05, 0.1) is 0 Å². The van der Waals surface area contributed by atoms with Crippen LogP contribution >= 0.6 is 0 Å². The smallest absolute Gasteiger partial charge is 0.335 e. The summed E-state index contributed by atoms with van der Waals surface area (Å²) < 4.78 is 0. The Morgan fingerprint density at radius 3 is 2.03 bits per heavy atom. The van der Waals surface area contributed by atoms with E-state index in [0.29, 0.717) is 0 Å². The van der Waals surface area contributed by atoms with Gasteiger partial charge in [-0.2, -0.15) is 0 Å². The summed E-state index contributed by atoms with van der Waals surface area (Å²) in [7, 11) is 0. The largest absolute Gasteiger partial charge is 0.479 e. The number of aliphatic hydroxyl groups excluding tert-OH is 2. The fourth-order valence-electron chi connectivity index (χ4n) is 3.38. The van der Waals surface area contributed by atoms with E-state index in [0.717, 1.165) is 18.5 Å². The molecule has 4 unspecified atom stereocenters. The van der Waals surface area contributed by atoms with Crippen molar-refractivity contribution in [3.63, 3.8) is 0 Å². The second kappa shape index (κ2) is 14.0. The minimum atomic E-state index is -2.27. The predicted molar refractivity (Wildman–Crippen MR) is 104 cm³/mol. The van der Waals surface area contributed by atoms with E-state index in [9.17, 15) is 9.59 Å². The summed E-state index contributed by atoms with van der Waals surface area (Å²) >= 11 is 0. The summed E-state index contributed by atoms with van der Waals surface area (Å²) in [6.07, 6.45) is -1.75. The highest BCUT2D eigenvalue weighted by atomic mass is 16.4. The van der Waals surface area contributed by atoms with Crippen LogP contribution in [0.15, 0.2) is 30.3 Å². The molecule has 2 fully saturated rings. The average molecular weight is 420 g/mol. The standard InChI is InChI=1S/C14H20N2.C4H6O6.3H2O/c1-2-5-12(6-3-1)9-16-10-13-7-4-8-15-14(13)11-16;5-1(3(7)8)2(6)4(9)10;;;/h1-3,5-6,13-15H,4,7-11H2;1-2,5-6H,(H,7,8)(H,9,10);3*1H2. The van der Waals surface area contributed by atoms with Crippen molar-refractivity contribution in [2.45, 2.75) is 37.6 Å². The minimum Gasteiger partial charge on any atom is -0.479 e. The van der Waals surface area contributed by atoms with E-state index in [1.54, 1.807) is 0 Å². The number of rotatable bonds is 5. The van der Waals surface area contributed by atoms with Gasteiger partial charge in [-0.25, -0.2) is 9.59 Å². The lowest BCUT2D eigenvalue weighted by Crippen LogP contribution is -2.40. The lowest BCUT2D eigenvalue weighted by atomic mass is 9.94. The van der Waals surface area contributed by atoms with Crippen molar-refractivity contribution in [1.29, 1.82) is 0 Å². The summed E-state index contributed by atoms with van der Waals surface area (Å²) in [5, 5.41) is 36.2. The van der Waals surface area contributed by atoms with Crippen LogP contribution in [0.5, 0.6) is 0 Å². The molecular formula is C18H32N2O9. The Kier molecular flexibility index (Phi) is 14.0. The molecule has 0 radical (unpaired) electrons. The molecule has 11 nitrogen and oxygen atoms in total. The number of carboxylic acid groups (broad SMARTS) is 2. The van der Waals surface area contributed by atoms with E-state index in [1.165, 1.54) is 38.0 Å². The molecule has 0 aromatic heterocycles. The van der Waals surface area contributed by atoms with Crippen molar-refractivity contribution in [3.8, 4) is 0 Å². The van der Waals surface area contributed by atoms with Crippen molar-refractivity contribution >= 4 is 11.9 Å². The number of benzene rings is 1. The number of carbonyl (C=O) groups is 2. The molecule has 0 spiro atoms. The molecule has 0 aliphatic carbocycles. The fourth-order valence-corrected chi connectivity index (χ4v) is 3.38. The van der Waals surface area contributed by atoms with Crippen LogP contribution in [0.1, 0.15) is 18.4 Å². The van der Waals surface area contributed by atoms with Crippen LogP contribution in [0.25, 0.3) is 0 Å². The highest BCUT2D eigenvalue weighted by Gasteiger charge is 2.33. The Hall–Kier alpha value is -2.12. The molecular weight excluding hydrogens is 388 g/mol. The monoisotopic (exact) mass is 420 g/mol. The number of hydrogen-bond acceptors (Lipinski definition) is 6. The molecule has 2 saturated heterocycles. The Morgan fingerprint density at radius 1 is 1.00 bits per heavy atom. The zero-order valence-corrected chi connectivity index (χ0v) is 16.0. The molecule has 11 N–H and O–H groups in total. The third-order valence-electron chi connectivity index (χ3n) is 4.73. The van der Waals surface area contributed by atoms with Gasteiger partial charge in [-0.3, -0.25) is 4.90 Å². The van der Waals surface area contributed by atoms with Gasteiger partial charge in [0.2, 0.25) is 0 Å². The van der Waals surface area contributed by atoms with Gasteiger partial charge in [0.15, 0.2) is 12.2 Å². The number of piperidine rings is 1. The summed E-state index contributed by atoms with van der Waals surface area (Å²) in [4.78, 5) is 22.1. The number of nitrogens with zero attached hydrogens (tertiary/aromatic N) is 1. The Balaban J connectivity index is 0. The van der Waals surface area contributed by atoms with E-state index in [2.05, 4.69) is 40.5 Å². The number of hydrogen-bond donors (Lipinski definition) is 5. The number of fused-ring (bicyclic) bond motifs is 1. The summed E-state index contributed by atoms with van der Waals surface area (Å²) in [5.74, 6) is -2.64. The molecule has 11 heteroatoms. The van der Waals surface area contributed by atoms with Gasteiger partial charge < -0.3 is 42.2 Å². The first kappa shape index (κ1) is 29.1.